The first-order valence-corrected chi connectivity index (χ1v) is 5.11. The molecule has 8 heavy (non-hydrogen) atoms. The summed E-state index contributed by atoms with van der Waals surface area (Å²) < 4.78 is 0. The van der Waals surface area contributed by atoms with Gasteiger partial charge in [0.05, 0.1) is 0 Å². The molecule has 3 nitrogen and oxygen atoms in total. The van der Waals surface area contributed by atoms with Crippen molar-refractivity contribution in [2.75, 3.05) is 19.4 Å². The molecule has 0 aromatic rings. The van der Waals surface area contributed by atoms with E-state index in [2.05, 4.69) is 0 Å². The van der Waals surface area contributed by atoms with Crippen molar-refractivity contribution in [3.63, 3.8) is 0 Å². The van der Waals surface area contributed by atoms with E-state index in [9.17, 15) is 10.1 Å². The Morgan fingerprint density at radius 3 is 2.50 bits per heavy atom. The SMILES string of the molecule is C[P+](=S)CC[N+](=O)[O-]. The van der Waals surface area contributed by atoms with Gasteiger partial charge in [0.2, 0.25) is 6.54 Å². The molecule has 0 aliphatic rings. The van der Waals surface area contributed by atoms with E-state index in [1.807, 2.05) is 6.66 Å². The number of rotatable bonds is 3. The normalized spacial score (nSPS) is 10.9. The van der Waals surface area contributed by atoms with Crippen LogP contribution in [0.25, 0.3) is 0 Å². The summed E-state index contributed by atoms with van der Waals surface area (Å²) in [6.45, 7) is 1.40. The second kappa shape index (κ2) is 3.87. The predicted molar refractivity (Wildman–Crippen MR) is 36.9 cm³/mol. The molecule has 1 atom stereocenters. The van der Waals surface area contributed by atoms with E-state index in [1.165, 1.54) is 0 Å². The van der Waals surface area contributed by atoms with E-state index in [-0.39, 0.29) is 11.5 Å². The van der Waals surface area contributed by atoms with Gasteiger partial charge in [-0.15, -0.1) is 0 Å². The molecule has 0 rings (SSSR count). The Hall–Kier alpha value is -0.0800. The first-order valence-electron chi connectivity index (χ1n) is 2.13. The van der Waals surface area contributed by atoms with Gasteiger partial charge in [-0.2, -0.15) is 0 Å². The lowest BCUT2D eigenvalue weighted by Crippen LogP contribution is -2.01. The number of nitrogens with zero attached hydrogens (tertiary/aromatic N) is 1. The van der Waals surface area contributed by atoms with Crippen molar-refractivity contribution in [2.24, 2.45) is 0 Å². The lowest BCUT2D eigenvalue weighted by atomic mass is 10.8. The van der Waals surface area contributed by atoms with Crippen LogP contribution in [-0.2, 0) is 11.8 Å². The number of nitro groups is 1. The van der Waals surface area contributed by atoms with Gasteiger partial charge in [0, 0.05) is 4.92 Å². The zero-order valence-corrected chi connectivity index (χ0v) is 6.24. The molecule has 0 radical (unpaired) electrons. The van der Waals surface area contributed by atoms with E-state index in [4.69, 9.17) is 11.8 Å². The standard InChI is InChI=1S/C3H7NO2PS/c1-7(8)3-2-4(5)6/h2-3H2,1H3/q+1. The molecule has 0 saturated carbocycles. The second-order valence-corrected chi connectivity index (χ2v) is 4.98. The average molecular weight is 152 g/mol. The minimum atomic E-state index is -0.491. The summed E-state index contributed by atoms with van der Waals surface area (Å²) in [7, 11) is 0. The van der Waals surface area contributed by atoms with Crippen molar-refractivity contribution in [3.8, 4) is 0 Å². The molecule has 0 aromatic carbocycles. The third-order valence-corrected chi connectivity index (χ3v) is 1.97. The molecule has 5 heteroatoms. The zero-order chi connectivity index (χ0) is 6.57. The van der Waals surface area contributed by atoms with Gasteiger partial charge in [-0.25, -0.2) is 0 Å². The molecular weight excluding hydrogens is 145 g/mol. The molecule has 0 spiro atoms. The van der Waals surface area contributed by atoms with Crippen LogP contribution >= 0.6 is 6.70 Å². The predicted octanol–water partition coefficient (Wildman–Crippen LogP) is 0.837. The molecule has 0 heterocycles. The third-order valence-electron chi connectivity index (χ3n) is 0.597. The zero-order valence-electron chi connectivity index (χ0n) is 4.53. The van der Waals surface area contributed by atoms with Gasteiger partial charge in [-0.05, 0) is 0 Å². The smallest absolute Gasteiger partial charge is 0.244 e. The average Bonchev–Trinajstić information content (AvgIpc) is 1.61. The first-order chi connectivity index (χ1) is 3.63. The molecule has 0 aliphatic carbocycles. The molecule has 0 fully saturated rings. The van der Waals surface area contributed by atoms with Crippen molar-refractivity contribution in [1.82, 2.24) is 0 Å². The van der Waals surface area contributed by atoms with Crippen LogP contribution in [0.3, 0.4) is 0 Å². The van der Waals surface area contributed by atoms with E-state index < -0.39 is 6.70 Å². The molecule has 0 aliphatic heterocycles. The van der Waals surface area contributed by atoms with Crippen molar-refractivity contribution >= 4 is 18.5 Å². The Morgan fingerprint density at radius 2 is 2.38 bits per heavy atom. The highest BCUT2D eigenvalue weighted by Gasteiger charge is 2.05. The van der Waals surface area contributed by atoms with Crippen LogP contribution in [0.5, 0.6) is 0 Å². The van der Waals surface area contributed by atoms with Crippen LogP contribution in [0.1, 0.15) is 0 Å². The minimum Gasteiger partial charge on any atom is -0.264 e. The van der Waals surface area contributed by atoms with Gasteiger partial charge >= 0.3 is 0 Å². The maximum atomic E-state index is 9.67. The summed E-state index contributed by atoms with van der Waals surface area (Å²) in [5.41, 5.74) is 0. The van der Waals surface area contributed by atoms with E-state index >= 15 is 0 Å². The van der Waals surface area contributed by atoms with Gasteiger partial charge in [0.25, 0.3) is 0 Å². The van der Waals surface area contributed by atoms with Crippen molar-refractivity contribution < 1.29 is 4.92 Å². The fourth-order valence-corrected chi connectivity index (χ4v) is 0.912. The van der Waals surface area contributed by atoms with E-state index in [0.29, 0.717) is 6.16 Å². The maximum Gasteiger partial charge on any atom is 0.244 e. The van der Waals surface area contributed by atoms with Gasteiger partial charge in [-0.1, -0.05) is 0 Å². The molecular formula is C3H7NO2PS+. The van der Waals surface area contributed by atoms with Crippen LogP contribution in [0.4, 0.5) is 0 Å². The van der Waals surface area contributed by atoms with Crippen molar-refractivity contribution in [3.05, 3.63) is 10.1 Å². The summed E-state index contributed by atoms with van der Waals surface area (Å²) in [5.74, 6) is 0. The van der Waals surface area contributed by atoms with Gasteiger partial charge < -0.3 is 0 Å². The Kier molecular flexibility index (Phi) is 3.83. The van der Waals surface area contributed by atoms with Crippen molar-refractivity contribution in [2.45, 2.75) is 0 Å². The topological polar surface area (TPSA) is 43.1 Å². The second-order valence-electron chi connectivity index (χ2n) is 1.41. The molecule has 0 N–H and O–H groups in total. The minimum absolute atomic E-state index is 0.0334. The third kappa shape index (κ3) is 5.92. The summed E-state index contributed by atoms with van der Waals surface area (Å²) in [4.78, 5) is 9.35. The highest BCUT2D eigenvalue weighted by atomic mass is 32.4. The highest BCUT2D eigenvalue weighted by Crippen LogP contribution is 2.11. The van der Waals surface area contributed by atoms with Crippen molar-refractivity contribution in [1.29, 1.82) is 0 Å². The maximum absolute atomic E-state index is 9.67. The quantitative estimate of drug-likeness (QED) is 0.342. The Labute approximate surface area is 53.7 Å². The number of hydrogen-bond acceptors (Lipinski definition) is 3. The molecule has 0 saturated heterocycles. The fourth-order valence-electron chi connectivity index (χ4n) is 0.222. The van der Waals surface area contributed by atoms with Crippen LogP contribution in [0.2, 0.25) is 0 Å². The highest BCUT2D eigenvalue weighted by molar-refractivity contribution is 8.04. The first kappa shape index (κ1) is 7.92. The van der Waals surface area contributed by atoms with Crippen LogP contribution in [0.15, 0.2) is 0 Å². The summed E-state index contributed by atoms with van der Waals surface area (Å²) >= 11 is 4.76. The Morgan fingerprint density at radius 1 is 1.88 bits per heavy atom. The molecule has 0 bridgehead atoms. The van der Waals surface area contributed by atoms with Crippen LogP contribution in [0, 0.1) is 10.1 Å². The molecule has 1 unspecified atom stereocenters. The summed E-state index contributed by atoms with van der Waals surface area (Å²) in [5, 5.41) is 9.67. The van der Waals surface area contributed by atoms with Crippen LogP contribution < -0.4 is 0 Å². The van der Waals surface area contributed by atoms with Gasteiger partial charge in [-0.3, -0.25) is 10.1 Å². The molecule has 0 aromatic heterocycles. The lowest BCUT2D eigenvalue weighted by molar-refractivity contribution is -0.474. The fraction of sp³-hybridized carbons (Fsp3) is 1.00. The lowest BCUT2D eigenvalue weighted by Gasteiger charge is -1.80. The monoisotopic (exact) mass is 152 g/mol. The largest absolute Gasteiger partial charge is 0.264 e. The van der Waals surface area contributed by atoms with Gasteiger partial charge in [0.1, 0.15) is 6.66 Å². The van der Waals surface area contributed by atoms with E-state index in [0.717, 1.165) is 0 Å². The van der Waals surface area contributed by atoms with Gasteiger partial charge in [0.15, 0.2) is 24.7 Å². The number of hydrogen-bond donors (Lipinski definition) is 0. The van der Waals surface area contributed by atoms with Crippen LogP contribution in [-0.4, -0.2) is 24.3 Å². The summed E-state index contributed by atoms with van der Waals surface area (Å²) in [6, 6.07) is 0. The Bertz CT molecular complexity index is 102. The molecule has 46 valence electrons. The Balaban J connectivity index is 3.18. The summed E-state index contributed by atoms with van der Waals surface area (Å²) in [6.07, 6.45) is 0.567. The van der Waals surface area contributed by atoms with E-state index in [1.54, 1.807) is 0 Å². The molecule has 0 amide bonds.